The lowest BCUT2D eigenvalue weighted by Crippen LogP contribution is -2.28. The number of carboxylic acid groups (broad SMARTS) is 1. The lowest BCUT2D eigenvalue weighted by molar-refractivity contribution is -0.176. The van der Waals surface area contributed by atoms with Gasteiger partial charge >= 0.3 is 12.1 Å². The lowest BCUT2D eigenvalue weighted by atomic mass is 9.98. The summed E-state index contributed by atoms with van der Waals surface area (Å²) in [5, 5.41) is 8.68. The fourth-order valence-electron chi connectivity index (χ4n) is 1.46. The molecule has 0 aliphatic heterocycles. The maximum atomic E-state index is 12.6. The molecule has 0 spiro atoms. The number of ether oxygens (including phenoxy) is 1. The Balaban J connectivity index is 3.23. The Kier molecular flexibility index (Phi) is 3.98. The second-order valence-corrected chi connectivity index (χ2v) is 3.28. The van der Waals surface area contributed by atoms with Gasteiger partial charge in [-0.05, 0) is 13.0 Å². The van der Waals surface area contributed by atoms with Crippen LogP contribution in [0.4, 0.5) is 13.2 Å². The number of aliphatic carboxylic acids is 1. The van der Waals surface area contributed by atoms with Gasteiger partial charge in [-0.3, -0.25) is 4.79 Å². The van der Waals surface area contributed by atoms with Crippen LogP contribution in [0.3, 0.4) is 0 Å². The Bertz CT molecular complexity index is 401. The van der Waals surface area contributed by atoms with Crippen molar-refractivity contribution in [1.29, 1.82) is 0 Å². The van der Waals surface area contributed by atoms with Gasteiger partial charge in [-0.2, -0.15) is 13.2 Å². The minimum Gasteiger partial charge on any atom is -0.494 e. The van der Waals surface area contributed by atoms with E-state index in [0.717, 1.165) is 6.07 Å². The number of benzene rings is 1. The first-order valence-corrected chi connectivity index (χ1v) is 4.89. The first kappa shape index (κ1) is 13.3. The molecular formula is C11H11F3O3. The van der Waals surface area contributed by atoms with Gasteiger partial charge in [0.05, 0.1) is 6.61 Å². The van der Waals surface area contributed by atoms with Gasteiger partial charge in [-0.25, -0.2) is 0 Å². The third-order valence-corrected chi connectivity index (χ3v) is 2.10. The van der Waals surface area contributed by atoms with Gasteiger partial charge in [0, 0.05) is 5.56 Å². The third kappa shape index (κ3) is 3.12. The monoisotopic (exact) mass is 248 g/mol. The highest BCUT2D eigenvalue weighted by molar-refractivity contribution is 5.78. The molecule has 0 fully saturated rings. The van der Waals surface area contributed by atoms with E-state index in [1.54, 1.807) is 6.92 Å². The zero-order valence-corrected chi connectivity index (χ0v) is 8.99. The third-order valence-electron chi connectivity index (χ3n) is 2.10. The molecule has 0 heterocycles. The van der Waals surface area contributed by atoms with Crippen LogP contribution in [0.1, 0.15) is 18.4 Å². The van der Waals surface area contributed by atoms with Crippen molar-refractivity contribution in [3.05, 3.63) is 29.8 Å². The standard InChI is InChI=1S/C11H11F3O3/c1-2-17-8-6-4-3-5-7(8)9(10(15)16)11(12,13)14/h3-6,9H,2H2,1H3,(H,15,16). The molecule has 3 nitrogen and oxygen atoms in total. The van der Waals surface area contributed by atoms with Crippen molar-refractivity contribution in [2.75, 3.05) is 6.61 Å². The highest BCUT2D eigenvalue weighted by atomic mass is 19.4. The van der Waals surface area contributed by atoms with Gasteiger partial charge in [0.1, 0.15) is 5.75 Å². The molecule has 1 N–H and O–H groups in total. The molecule has 0 aromatic heterocycles. The van der Waals surface area contributed by atoms with Crippen LogP contribution in [0.2, 0.25) is 0 Å². The number of para-hydroxylation sites is 1. The van der Waals surface area contributed by atoms with Crippen molar-refractivity contribution < 1.29 is 27.8 Å². The normalized spacial score (nSPS) is 13.2. The fourth-order valence-corrected chi connectivity index (χ4v) is 1.46. The molecule has 0 bridgehead atoms. The summed E-state index contributed by atoms with van der Waals surface area (Å²) in [6, 6.07) is 5.26. The summed E-state index contributed by atoms with van der Waals surface area (Å²) >= 11 is 0. The molecular weight excluding hydrogens is 237 g/mol. The fraction of sp³-hybridized carbons (Fsp3) is 0.364. The summed E-state index contributed by atoms with van der Waals surface area (Å²) in [6.45, 7) is 1.78. The molecule has 0 aliphatic carbocycles. The quantitative estimate of drug-likeness (QED) is 0.891. The van der Waals surface area contributed by atoms with E-state index in [1.807, 2.05) is 0 Å². The van der Waals surface area contributed by atoms with Crippen molar-refractivity contribution in [2.45, 2.75) is 19.0 Å². The van der Waals surface area contributed by atoms with Gasteiger partial charge in [0.25, 0.3) is 0 Å². The highest BCUT2D eigenvalue weighted by Crippen LogP contribution is 2.39. The zero-order valence-electron chi connectivity index (χ0n) is 8.99. The van der Waals surface area contributed by atoms with Crippen molar-refractivity contribution in [2.24, 2.45) is 0 Å². The molecule has 94 valence electrons. The van der Waals surface area contributed by atoms with Gasteiger partial charge in [0.15, 0.2) is 5.92 Å². The summed E-state index contributed by atoms with van der Waals surface area (Å²) in [7, 11) is 0. The topological polar surface area (TPSA) is 46.5 Å². The van der Waals surface area contributed by atoms with Gasteiger partial charge in [-0.1, -0.05) is 18.2 Å². The zero-order chi connectivity index (χ0) is 13.1. The smallest absolute Gasteiger partial charge is 0.406 e. The Morgan fingerprint density at radius 2 is 2.00 bits per heavy atom. The second kappa shape index (κ2) is 5.07. The van der Waals surface area contributed by atoms with Crippen LogP contribution in [-0.2, 0) is 4.79 Å². The van der Waals surface area contributed by atoms with Crippen LogP contribution in [0, 0.1) is 0 Å². The van der Waals surface area contributed by atoms with E-state index < -0.39 is 18.1 Å². The van der Waals surface area contributed by atoms with E-state index in [4.69, 9.17) is 9.84 Å². The molecule has 1 aromatic rings. The van der Waals surface area contributed by atoms with Crippen LogP contribution in [0.25, 0.3) is 0 Å². The molecule has 0 amide bonds. The van der Waals surface area contributed by atoms with Crippen molar-refractivity contribution in [3.8, 4) is 5.75 Å². The Labute approximate surface area is 95.8 Å². The van der Waals surface area contributed by atoms with E-state index in [-0.39, 0.29) is 17.9 Å². The van der Waals surface area contributed by atoms with Crippen LogP contribution in [-0.4, -0.2) is 23.9 Å². The number of carbonyl (C=O) groups is 1. The minimum atomic E-state index is -4.85. The van der Waals surface area contributed by atoms with Crippen LogP contribution in [0.5, 0.6) is 5.75 Å². The number of halogens is 3. The summed E-state index contributed by atoms with van der Waals surface area (Å²) in [4.78, 5) is 10.7. The largest absolute Gasteiger partial charge is 0.494 e. The number of carboxylic acids is 1. The Morgan fingerprint density at radius 3 is 2.47 bits per heavy atom. The number of rotatable bonds is 4. The summed E-state index contributed by atoms with van der Waals surface area (Å²) in [5.74, 6) is -4.56. The lowest BCUT2D eigenvalue weighted by Gasteiger charge is -2.19. The molecule has 6 heteroatoms. The highest BCUT2D eigenvalue weighted by Gasteiger charge is 2.47. The maximum Gasteiger partial charge on any atom is 0.406 e. The average Bonchev–Trinajstić information content (AvgIpc) is 2.18. The van der Waals surface area contributed by atoms with Crippen molar-refractivity contribution >= 4 is 5.97 Å². The maximum absolute atomic E-state index is 12.6. The minimum absolute atomic E-state index is 0.0558. The predicted molar refractivity (Wildman–Crippen MR) is 54.0 cm³/mol. The van der Waals surface area contributed by atoms with E-state index in [9.17, 15) is 18.0 Å². The first-order chi connectivity index (χ1) is 7.88. The van der Waals surface area contributed by atoms with E-state index in [0.29, 0.717) is 0 Å². The predicted octanol–water partition coefficient (Wildman–Crippen LogP) is 2.82. The molecule has 1 atom stereocenters. The number of hydrogen-bond acceptors (Lipinski definition) is 2. The Hall–Kier alpha value is -1.72. The van der Waals surface area contributed by atoms with Gasteiger partial charge in [-0.15, -0.1) is 0 Å². The summed E-state index contributed by atoms with van der Waals surface area (Å²) < 4.78 is 42.9. The van der Waals surface area contributed by atoms with E-state index >= 15 is 0 Å². The van der Waals surface area contributed by atoms with Gasteiger partial charge < -0.3 is 9.84 Å². The molecule has 0 saturated carbocycles. The first-order valence-electron chi connectivity index (χ1n) is 4.89. The molecule has 1 rings (SSSR count). The molecule has 1 unspecified atom stereocenters. The molecule has 0 saturated heterocycles. The number of alkyl halides is 3. The van der Waals surface area contributed by atoms with E-state index in [1.165, 1.54) is 18.2 Å². The van der Waals surface area contributed by atoms with Crippen LogP contribution < -0.4 is 4.74 Å². The number of hydrogen-bond donors (Lipinski definition) is 1. The van der Waals surface area contributed by atoms with Crippen LogP contribution >= 0.6 is 0 Å². The van der Waals surface area contributed by atoms with E-state index in [2.05, 4.69) is 0 Å². The van der Waals surface area contributed by atoms with Gasteiger partial charge in [0.2, 0.25) is 0 Å². The SMILES string of the molecule is CCOc1ccccc1C(C(=O)O)C(F)(F)F. The Morgan fingerprint density at radius 1 is 1.41 bits per heavy atom. The van der Waals surface area contributed by atoms with Crippen molar-refractivity contribution in [1.82, 2.24) is 0 Å². The molecule has 1 aromatic carbocycles. The second-order valence-electron chi connectivity index (χ2n) is 3.28. The molecule has 17 heavy (non-hydrogen) atoms. The van der Waals surface area contributed by atoms with Crippen molar-refractivity contribution in [3.63, 3.8) is 0 Å². The molecule has 0 radical (unpaired) electrons. The summed E-state index contributed by atoms with van der Waals surface area (Å²) in [6.07, 6.45) is -4.85. The van der Waals surface area contributed by atoms with Crippen LogP contribution in [0.15, 0.2) is 24.3 Å². The summed E-state index contributed by atoms with van der Waals surface area (Å²) in [5.41, 5.74) is -0.380. The average molecular weight is 248 g/mol. The molecule has 0 aliphatic rings.